The van der Waals surface area contributed by atoms with Crippen molar-refractivity contribution in [3.8, 4) is 5.88 Å². The lowest BCUT2D eigenvalue weighted by atomic mass is 10.0. The zero-order valence-corrected chi connectivity index (χ0v) is 13.2. The van der Waals surface area contributed by atoms with E-state index in [1.807, 2.05) is 21.7 Å². The lowest BCUT2D eigenvalue weighted by Gasteiger charge is -2.32. The third-order valence-corrected chi connectivity index (χ3v) is 4.43. The number of hydrogen-bond donors (Lipinski definition) is 1. The molecule has 116 valence electrons. The Bertz CT molecular complexity index is 624. The van der Waals surface area contributed by atoms with E-state index in [0.717, 1.165) is 31.5 Å². The molecule has 22 heavy (non-hydrogen) atoms. The smallest absolute Gasteiger partial charge is 0.257 e. The maximum atomic E-state index is 12.3. The maximum Gasteiger partial charge on any atom is 0.257 e. The number of piperidine rings is 1. The minimum atomic E-state index is 0.122. The quantitative estimate of drug-likeness (QED) is 0.936. The Morgan fingerprint density at radius 3 is 2.82 bits per heavy atom. The molecule has 1 aliphatic rings. The number of thiophene rings is 1. The van der Waals surface area contributed by atoms with Gasteiger partial charge in [-0.25, -0.2) is 9.97 Å². The van der Waals surface area contributed by atoms with E-state index < -0.39 is 0 Å². The third-order valence-electron chi connectivity index (χ3n) is 3.75. The summed E-state index contributed by atoms with van der Waals surface area (Å²) in [6, 6.07) is 2.15. The van der Waals surface area contributed by atoms with Crippen LogP contribution < -0.4 is 10.1 Å². The van der Waals surface area contributed by atoms with Crippen LogP contribution in [0.3, 0.4) is 0 Å². The van der Waals surface area contributed by atoms with Gasteiger partial charge in [0.25, 0.3) is 11.8 Å². The lowest BCUT2D eigenvalue weighted by molar-refractivity contribution is 0.0719. The molecule has 3 rings (SSSR count). The van der Waals surface area contributed by atoms with E-state index in [1.165, 1.54) is 0 Å². The van der Waals surface area contributed by atoms with Crippen molar-refractivity contribution >= 4 is 23.1 Å². The molecule has 0 unspecified atom stereocenters. The molecule has 1 saturated heterocycles. The monoisotopic (exact) mass is 318 g/mol. The molecule has 6 nitrogen and oxygen atoms in total. The molecule has 0 radical (unpaired) electrons. The number of rotatable bonds is 4. The van der Waals surface area contributed by atoms with Crippen molar-refractivity contribution in [3.05, 3.63) is 34.8 Å². The largest absolute Gasteiger partial charge is 0.478 e. The number of nitrogens with zero attached hydrogens (tertiary/aromatic N) is 3. The molecule has 0 saturated carbocycles. The SMILES string of the molecule is COc1nccnc1NC1CCN(C(=O)c2ccsc2)CC1. The summed E-state index contributed by atoms with van der Waals surface area (Å²) in [6.07, 6.45) is 5.01. The Balaban J connectivity index is 1.57. The molecule has 3 heterocycles. The van der Waals surface area contributed by atoms with Crippen LogP contribution in [0.15, 0.2) is 29.2 Å². The summed E-state index contributed by atoms with van der Waals surface area (Å²) in [5.74, 6) is 1.28. The van der Waals surface area contributed by atoms with Gasteiger partial charge in [0.1, 0.15) is 0 Å². The third kappa shape index (κ3) is 3.19. The van der Waals surface area contributed by atoms with Gasteiger partial charge in [-0.2, -0.15) is 11.3 Å². The predicted molar refractivity (Wildman–Crippen MR) is 85.5 cm³/mol. The summed E-state index contributed by atoms with van der Waals surface area (Å²) in [5.41, 5.74) is 0.784. The second-order valence-corrected chi connectivity index (χ2v) is 5.92. The topological polar surface area (TPSA) is 67.4 Å². The van der Waals surface area contributed by atoms with Gasteiger partial charge >= 0.3 is 0 Å². The van der Waals surface area contributed by atoms with Crippen molar-refractivity contribution in [2.75, 3.05) is 25.5 Å². The number of carbonyl (C=O) groups excluding carboxylic acids is 1. The van der Waals surface area contributed by atoms with Crippen LogP contribution in [-0.4, -0.2) is 47.0 Å². The molecule has 1 aliphatic heterocycles. The van der Waals surface area contributed by atoms with E-state index >= 15 is 0 Å². The molecule has 0 bridgehead atoms. The molecule has 7 heteroatoms. The molecule has 2 aromatic rings. The van der Waals surface area contributed by atoms with Crippen LogP contribution in [0.5, 0.6) is 5.88 Å². The number of carbonyl (C=O) groups is 1. The van der Waals surface area contributed by atoms with Crippen molar-refractivity contribution in [3.63, 3.8) is 0 Å². The molecule has 0 atom stereocenters. The Kier molecular flexibility index (Phi) is 4.53. The molecule has 0 spiro atoms. The minimum Gasteiger partial charge on any atom is -0.478 e. The predicted octanol–water partition coefficient (Wildman–Crippen LogP) is 2.26. The molecule has 1 N–H and O–H groups in total. The van der Waals surface area contributed by atoms with Crippen molar-refractivity contribution in [1.29, 1.82) is 0 Å². The molecule has 2 aromatic heterocycles. The van der Waals surface area contributed by atoms with Crippen molar-refractivity contribution in [1.82, 2.24) is 14.9 Å². The number of anilines is 1. The van der Waals surface area contributed by atoms with E-state index in [4.69, 9.17) is 4.74 Å². The van der Waals surface area contributed by atoms with Crippen molar-refractivity contribution in [2.45, 2.75) is 18.9 Å². The summed E-state index contributed by atoms with van der Waals surface area (Å²) in [4.78, 5) is 22.6. The Morgan fingerprint density at radius 1 is 1.36 bits per heavy atom. The van der Waals surface area contributed by atoms with Gasteiger partial charge in [0, 0.05) is 36.9 Å². The van der Waals surface area contributed by atoms with Gasteiger partial charge in [-0.3, -0.25) is 4.79 Å². The Labute approximate surface area is 133 Å². The van der Waals surface area contributed by atoms with Gasteiger partial charge in [0.15, 0.2) is 5.82 Å². The maximum absolute atomic E-state index is 12.3. The van der Waals surface area contributed by atoms with Crippen molar-refractivity contribution in [2.24, 2.45) is 0 Å². The highest BCUT2D eigenvalue weighted by Gasteiger charge is 2.24. The highest BCUT2D eigenvalue weighted by Crippen LogP contribution is 2.22. The van der Waals surface area contributed by atoms with Crippen LogP contribution in [0.2, 0.25) is 0 Å². The van der Waals surface area contributed by atoms with Crippen LogP contribution in [-0.2, 0) is 0 Å². The summed E-state index contributed by atoms with van der Waals surface area (Å²) < 4.78 is 5.20. The van der Waals surface area contributed by atoms with E-state index in [2.05, 4.69) is 15.3 Å². The summed E-state index contributed by atoms with van der Waals surface area (Å²) in [7, 11) is 1.58. The van der Waals surface area contributed by atoms with E-state index in [9.17, 15) is 4.79 Å². The first-order valence-corrected chi connectivity index (χ1v) is 8.15. The fourth-order valence-electron chi connectivity index (χ4n) is 2.56. The number of amides is 1. The zero-order chi connectivity index (χ0) is 15.4. The summed E-state index contributed by atoms with van der Waals surface area (Å²) >= 11 is 1.55. The highest BCUT2D eigenvalue weighted by atomic mass is 32.1. The Hall–Kier alpha value is -2.15. The van der Waals surface area contributed by atoms with Crippen LogP contribution in [0.1, 0.15) is 23.2 Å². The molecular formula is C15H18N4O2S. The standard InChI is InChI=1S/C15H18N4O2S/c1-21-14-13(16-5-6-17-14)18-12-2-7-19(8-3-12)15(20)11-4-9-22-10-11/h4-6,9-10,12H,2-3,7-8H2,1H3,(H,16,18). The normalized spacial score (nSPS) is 15.6. The van der Waals surface area contributed by atoms with Crippen LogP contribution >= 0.6 is 11.3 Å². The van der Waals surface area contributed by atoms with Crippen molar-refractivity contribution < 1.29 is 9.53 Å². The average molecular weight is 318 g/mol. The van der Waals surface area contributed by atoms with Gasteiger partial charge in [0.05, 0.1) is 12.7 Å². The number of likely N-dealkylation sites (tertiary alicyclic amines) is 1. The summed E-state index contributed by atoms with van der Waals surface area (Å²) in [6.45, 7) is 1.49. The van der Waals surface area contributed by atoms with Gasteiger partial charge in [-0.1, -0.05) is 0 Å². The van der Waals surface area contributed by atoms with Gasteiger partial charge in [-0.15, -0.1) is 0 Å². The minimum absolute atomic E-state index is 0.122. The molecule has 1 amide bonds. The fraction of sp³-hybridized carbons (Fsp3) is 0.400. The number of aromatic nitrogens is 2. The van der Waals surface area contributed by atoms with Gasteiger partial charge in [-0.05, 0) is 24.3 Å². The van der Waals surface area contributed by atoms with Gasteiger partial charge in [0.2, 0.25) is 0 Å². The second kappa shape index (κ2) is 6.74. The first-order valence-electron chi connectivity index (χ1n) is 7.21. The van der Waals surface area contributed by atoms with E-state index in [-0.39, 0.29) is 11.9 Å². The van der Waals surface area contributed by atoms with Crippen LogP contribution in [0, 0.1) is 0 Å². The highest BCUT2D eigenvalue weighted by molar-refractivity contribution is 7.08. The molecule has 0 aromatic carbocycles. The Morgan fingerprint density at radius 2 is 2.14 bits per heavy atom. The van der Waals surface area contributed by atoms with Crippen LogP contribution in [0.25, 0.3) is 0 Å². The van der Waals surface area contributed by atoms with Crippen LogP contribution in [0.4, 0.5) is 5.82 Å². The first kappa shape index (κ1) is 14.8. The van der Waals surface area contributed by atoms with E-state index in [1.54, 1.807) is 30.8 Å². The lowest BCUT2D eigenvalue weighted by Crippen LogP contribution is -2.42. The number of methoxy groups -OCH3 is 1. The van der Waals surface area contributed by atoms with Gasteiger partial charge < -0.3 is 15.0 Å². The molecule has 0 aliphatic carbocycles. The number of nitrogens with one attached hydrogen (secondary N) is 1. The van der Waals surface area contributed by atoms with E-state index in [0.29, 0.717) is 11.7 Å². The average Bonchev–Trinajstić information content (AvgIpc) is 3.10. The molecule has 1 fully saturated rings. The molecular weight excluding hydrogens is 300 g/mol. The first-order chi connectivity index (χ1) is 10.8. The number of ether oxygens (including phenoxy) is 1. The fourth-order valence-corrected chi connectivity index (χ4v) is 3.19. The zero-order valence-electron chi connectivity index (χ0n) is 12.4. The second-order valence-electron chi connectivity index (χ2n) is 5.14. The summed E-state index contributed by atoms with van der Waals surface area (Å²) in [5, 5.41) is 7.19. The number of hydrogen-bond acceptors (Lipinski definition) is 6.